The summed E-state index contributed by atoms with van der Waals surface area (Å²) in [5.41, 5.74) is 2.39. The number of aryl methyl sites for hydroxylation is 1. The van der Waals surface area contributed by atoms with Gasteiger partial charge in [0.1, 0.15) is 5.52 Å². The van der Waals surface area contributed by atoms with Crippen molar-refractivity contribution in [3.8, 4) is 0 Å². The van der Waals surface area contributed by atoms with Crippen molar-refractivity contribution < 1.29 is 4.79 Å². The van der Waals surface area contributed by atoms with E-state index < -0.39 is 0 Å². The lowest BCUT2D eigenvalue weighted by molar-refractivity contribution is -0.120. The van der Waals surface area contributed by atoms with Crippen molar-refractivity contribution in [2.75, 3.05) is 4.90 Å². The third-order valence-corrected chi connectivity index (χ3v) is 5.60. The Kier molecular flexibility index (Phi) is 4.59. The zero-order chi connectivity index (χ0) is 18.4. The Morgan fingerprint density at radius 3 is 2.73 bits per heavy atom. The molecule has 0 fully saturated rings. The highest BCUT2D eigenvalue weighted by Crippen LogP contribution is 2.41. The zero-order valence-corrected chi connectivity index (χ0v) is 16.3. The van der Waals surface area contributed by atoms with Gasteiger partial charge in [0, 0.05) is 18.0 Å². The summed E-state index contributed by atoms with van der Waals surface area (Å²) in [6.45, 7) is 2.57. The summed E-state index contributed by atoms with van der Waals surface area (Å²) >= 11 is 18.9. The van der Waals surface area contributed by atoms with E-state index in [2.05, 4.69) is 4.57 Å². The van der Waals surface area contributed by atoms with Crippen LogP contribution in [0.2, 0.25) is 15.1 Å². The highest BCUT2D eigenvalue weighted by atomic mass is 35.5. The van der Waals surface area contributed by atoms with E-state index >= 15 is 0 Å². The molecule has 1 aliphatic rings. The maximum atomic E-state index is 12.6. The highest BCUT2D eigenvalue weighted by Gasteiger charge is 2.35. The van der Waals surface area contributed by atoms with Gasteiger partial charge in [-0.05, 0) is 36.8 Å². The number of hydrogen-bond acceptors (Lipinski definition) is 3. The first-order chi connectivity index (χ1) is 12.5. The number of fused-ring (bicyclic) bond motifs is 3. The number of rotatable bonds is 3. The van der Waals surface area contributed by atoms with Crippen LogP contribution in [0.3, 0.4) is 0 Å². The van der Waals surface area contributed by atoms with E-state index in [0.29, 0.717) is 40.4 Å². The standard InChI is InChI=1S/C19H16Cl3N3O/c1-2-17(26)15-8-9-24-16-5-3-4-12(21)18(16)23-19(24)25(15)14-7-6-11(20)10-13(14)22/h3-7,10,15H,2,8-9H2,1H3. The molecule has 1 unspecified atom stereocenters. The number of ketones is 1. The van der Waals surface area contributed by atoms with E-state index in [1.54, 1.807) is 12.1 Å². The summed E-state index contributed by atoms with van der Waals surface area (Å²) in [4.78, 5) is 19.3. The number of benzene rings is 2. The lowest BCUT2D eigenvalue weighted by Crippen LogP contribution is -2.43. The monoisotopic (exact) mass is 407 g/mol. The maximum absolute atomic E-state index is 12.6. The topological polar surface area (TPSA) is 38.1 Å². The lowest BCUT2D eigenvalue weighted by Gasteiger charge is -2.36. The average molecular weight is 409 g/mol. The number of para-hydroxylation sites is 1. The van der Waals surface area contributed by atoms with E-state index in [9.17, 15) is 4.79 Å². The number of anilines is 2. The Labute approximate surface area is 166 Å². The number of aromatic nitrogens is 2. The van der Waals surface area contributed by atoms with Crippen LogP contribution < -0.4 is 4.90 Å². The molecule has 1 atom stereocenters. The molecule has 1 aromatic heterocycles. The summed E-state index contributed by atoms with van der Waals surface area (Å²) in [6, 6.07) is 10.7. The molecule has 0 saturated heterocycles. The van der Waals surface area contributed by atoms with Crippen molar-refractivity contribution in [1.82, 2.24) is 9.55 Å². The molecule has 0 spiro atoms. The number of halogens is 3. The van der Waals surface area contributed by atoms with Crippen molar-refractivity contribution in [2.45, 2.75) is 32.4 Å². The van der Waals surface area contributed by atoms with Gasteiger partial charge in [-0.15, -0.1) is 0 Å². The maximum Gasteiger partial charge on any atom is 0.211 e. The van der Waals surface area contributed by atoms with Crippen LogP contribution in [-0.2, 0) is 11.3 Å². The minimum absolute atomic E-state index is 0.153. The molecule has 0 saturated carbocycles. The van der Waals surface area contributed by atoms with Crippen molar-refractivity contribution in [3.63, 3.8) is 0 Å². The van der Waals surface area contributed by atoms with E-state index in [0.717, 1.165) is 16.7 Å². The molecule has 4 nitrogen and oxygen atoms in total. The van der Waals surface area contributed by atoms with Crippen molar-refractivity contribution in [2.24, 2.45) is 0 Å². The predicted octanol–water partition coefficient (Wildman–Crippen LogP) is 5.89. The van der Waals surface area contributed by atoms with Gasteiger partial charge in [-0.1, -0.05) is 47.8 Å². The van der Waals surface area contributed by atoms with Gasteiger partial charge < -0.3 is 4.57 Å². The highest BCUT2D eigenvalue weighted by molar-refractivity contribution is 6.36. The summed E-state index contributed by atoms with van der Waals surface area (Å²) in [6.07, 6.45) is 1.13. The first kappa shape index (κ1) is 17.7. The van der Waals surface area contributed by atoms with E-state index in [1.165, 1.54) is 0 Å². The third-order valence-electron chi connectivity index (χ3n) is 4.75. The van der Waals surface area contributed by atoms with E-state index in [-0.39, 0.29) is 11.8 Å². The van der Waals surface area contributed by atoms with Crippen LogP contribution in [0.25, 0.3) is 11.0 Å². The number of imidazole rings is 1. The molecule has 1 aliphatic heterocycles. The van der Waals surface area contributed by atoms with Crippen LogP contribution in [0.4, 0.5) is 11.6 Å². The number of hydrogen-bond donors (Lipinski definition) is 0. The first-order valence-electron chi connectivity index (χ1n) is 8.43. The van der Waals surface area contributed by atoms with Crippen LogP contribution in [0.1, 0.15) is 19.8 Å². The van der Waals surface area contributed by atoms with Crippen LogP contribution in [0, 0.1) is 0 Å². The summed E-state index contributed by atoms with van der Waals surface area (Å²) in [5, 5.41) is 1.62. The molecule has 0 amide bonds. The van der Waals surface area contributed by atoms with Gasteiger partial charge in [-0.2, -0.15) is 0 Å². The SMILES string of the molecule is CCC(=O)C1CCn2c(nc3c(Cl)cccc32)N1c1ccc(Cl)cc1Cl. The van der Waals surface area contributed by atoms with E-state index in [4.69, 9.17) is 39.8 Å². The minimum Gasteiger partial charge on any atom is -0.310 e. The van der Waals surface area contributed by atoms with E-state index in [1.807, 2.05) is 36.1 Å². The normalized spacial score (nSPS) is 16.8. The molecule has 26 heavy (non-hydrogen) atoms. The minimum atomic E-state index is -0.318. The fourth-order valence-electron chi connectivity index (χ4n) is 3.52. The number of carbonyl (C=O) groups is 1. The number of nitrogens with zero attached hydrogens (tertiary/aromatic N) is 3. The molecule has 7 heteroatoms. The molecular formula is C19H16Cl3N3O. The summed E-state index contributed by atoms with van der Waals surface area (Å²) < 4.78 is 2.09. The van der Waals surface area contributed by atoms with Crippen LogP contribution >= 0.6 is 34.8 Å². The lowest BCUT2D eigenvalue weighted by atomic mass is 10.0. The molecular weight excluding hydrogens is 393 g/mol. The molecule has 0 aliphatic carbocycles. The van der Waals surface area contributed by atoms with Gasteiger partial charge >= 0.3 is 0 Å². The van der Waals surface area contributed by atoms with Gasteiger partial charge in [0.15, 0.2) is 5.78 Å². The quantitative estimate of drug-likeness (QED) is 0.542. The molecule has 4 rings (SSSR count). The molecule has 2 aromatic carbocycles. The molecule has 0 radical (unpaired) electrons. The number of carbonyl (C=O) groups excluding carboxylic acids is 1. The van der Waals surface area contributed by atoms with Crippen LogP contribution in [0.5, 0.6) is 0 Å². The van der Waals surface area contributed by atoms with Gasteiger partial charge in [0.25, 0.3) is 0 Å². The Balaban J connectivity index is 1.97. The fraction of sp³-hybridized carbons (Fsp3) is 0.263. The van der Waals surface area contributed by atoms with Crippen molar-refractivity contribution in [1.29, 1.82) is 0 Å². The molecule has 0 bridgehead atoms. The van der Waals surface area contributed by atoms with Crippen LogP contribution in [-0.4, -0.2) is 21.4 Å². The number of Topliss-reactive ketones (excluding diaryl/α,β-unsaturated/α-hetero) is 1. The Hall–Kier alpha value is -1.75. The molecule has 3 aromatic rings. The Bertz CT molecular complexity index is 1010. The van der Waals surface area contributed by atoms with Crippen molar-refractivity contribution in [3.05, 3.63) is 51.5 Å². The smallest absolute Gasteiger partial charge is 0.211 e. The molecule has 2 heterocycles. The molecule has 134 valence electrons. The zero-order valence-electron chi connectivity index (χ0n) is 14.0. The summed E-state index contributed by atoms with van der Waals surface area (Å²) in [5.74, 6) is 0.829. The fourth-order valence-corrected chi connectivity index (χ4v) is 4.23. The molecule has 0 N–H and O–H groups in total. The van der Waals surface area contributed by atoms with Gasteiger partial charge in [-0.3, -0.25) is 9.69 Å². The first-order valence-corrected chi connectivity index (χ1v) is 9.56. The Morgan fingerprint density at radius 1 is 1.19 bits per heavy atom. The second kappa shape index (κ2) is 6.76. The van der Waals surface area contributed by atoms with Crippen molar-refractivity contribution >= 4 is 63.3 Å². The summed E-state index contributed by atoms with van der Waals surface area (Å²) in [7, 11) is 0. The van der Waals surface area contributed by atoms with Gasteiger partial charge in [0.05, 0.1) is 27.3 Å². The predicted molar refractivity (Wildman–Crippen MR) is 107 cm³/mol. The average Bonchev–Trinajstić information content (AvgIpc) is 3.01. The second-order valence-electron chi connectivity index (χ2n) is 6.26. The third kappa shape index (κ3) is 2.77. The largest absolute Gasteiger partial charge is 0.310 e. The van der Waals surface area contributed by atoms with Crippen LogP contribution in [0.15, 0.2) is 36.4 Å². The van der Waals surface area contributed by atoms with Gasteiger partial charge in [0.2, 0.25) is 5.95 Å². The second-order valence-corrected chi connectivity index (χ2v) is 7.51. The Morgan fingerprint density at radius 2 is 2.00 bits per heavy atom. The van der Waals surface area contributed by atoms with Gasteiger partial charge in [-0.25, -0.2) is 4.98 Å².